The lowest BCUT2D eigenvalue weighted by Gasteiger charge is -2.33. The fourth-order valence-corrected chi connectivity index (χ4v) is 0.596. The maximum atomic E-state index is 9.51. The molecule has 0 saturated heterocycles. The van der Waals surface area contributed by atoms with Crippen LogP contribution in [-0.4, -0.2) is 38.3 Å². The van der Waals surface area contributed by atoms with Gasteiger partial charge in [-0.05, 0) is 27.7 Å². The second kappa shape index (κ2) is 4.56. The summed E-state index contributed by atoms with van der Waals surface area (Å²) < 4.78 is 0. The molecule has 0 bridgehead atoms. The highest BCUT2D eigenvalue weighted by atomic mass is 16.5. The van der Waals surface area contributed by atoms with E-state index >= 15 is 0 Å². The van der Waals surface area contributed by atoms with Crippen LogP contribution in [0.4, 0.5) is 0 Å². The van der Waals surface area contributed by atoms with Crippen molar-refractivity contribution in [3.63, 3.8) is 0 Å². The summed E-state index contributed by atoms with van der Waals surface area (Å²) in [6.07, 6.45) is 0. The van der Waals surface area contributed by atoms with Gasteiger partial charge in [0.15, 0.2) is 0 Å². The standard InChI is InChI=1S/C9H16N4O2/c1-8(2,5-10)12(14)7-13(15)9(3,4)6-11/h14-15H,7H2,1-4H3. The smallest absolute Gasteiger partial charge is 0.128 e. The summed E-state index contributed by atoms with van der Waals surface area (Å²) in [4.78, 5) is 0. The lowest BCUT2D eigenvalue weighted by molar-refractivity contribution is -0.252. The second-order valence-corrected chi connectivity index (χ2v) is 4.28. The Morgan fingerprint density at radius 2 is 1.20 bits per heavy atom. The number of hydrogen-bond donors (Lipinski definition) is 2. The van der Waals surface area contributed by atoms with Crippen molar-refractivity contribution in [3.05, 3.63) is 0 Å². The summed E-state index contributed by atoms with van der Waals surface area (Å²) >= 11 is 0. The van der Waals surface area contributed by atoms with Gasteiger partial charge < -0.3 is 10.4 Å². The molecule has 0 aromatic rings. The molecule has 0 aromatic carbocycles. The van der Waals surface area contributed by atoms with Crippen molar-refractivity contribution in [1.82, 2.24) is 10.1 Å². The van der Waals surface area contributed by atoms with Crippen molar-refractivity contribution in [1.29, 1.82) is 10.5 Å². The molecular formula is C9H16N4O2. The van der Waals surface area contributed by atoms with Crippen LogP contribution in [0.2, 0.25) is 0 Å². The molecule has 2 N–H and O–H groups in total. The van der Waals surface area contributed by atoms with Crippen LogP contribution in [-0.2, 0) is 0 Å². The predicted molar refractivity (Wildman–Crippen MR) is 51.5 cm³/mol. The molecule has 0 aliphatic rings. The highest BCUT2D eigenvalue weighted by molar-refractivity contribution is 5.01. The van der Waals surface area contributed by atoms with Gasteiger partial charge in [-0.3, -0.25) is 0 Å². The lowest BCUT2D eigenvalue weighted by Crippen LogP contribution is -2.51. The summed E-state index contributed by atoms with van der Waals surface area (Å²) in [6.45, 7) is 5.70. The van der Waals surface area contributed by atoms with Gasteiger partial charge in [0.1, 0.15) is 17.7 Å². The Bertz CT molecular complexity index is 270. The van der Waals surface area contributed by atoms with Crippen LogP contribution in [0, 0.1) is 22.7 Å². The monoisotopic (exact) mass is 212 g/mol. The minimum absolute atomic E-state index is 0.304. The Labute approximate surface area is 89.5 Å². The Balaban J connectivity index is 4.53. The molecule has 0 rings (SSSR count). The van der Waals surface area contributed by atoms with E-state index in [9.17, 15) is 10.4 Å². The topological polar surface area (TPSA) is 94.5 Å². The van der Waals surface area contributed by atoms with Crippen LogP contribution in [0.15, 0.2) is 0 Å². The van der Waals surface area contributed by atoms with Gasteiger partial charge in [-0.1, -0.05) is 0 Å². The molecule has 0 radical (unpaired) electrons. The number of hydroxylamine groups is 4. The summed E-state index contributed by atoms with van der Waals surface area (Å²) in [5.41, 5.74) is -2.24. The van der Waals surface area contributed by atoms with E-state index in [1.807, 2.05) is 12.1 Å². The highest BCUT2D eigenvalue weighted by Gasteiger charge is 2.32. The molecule has 0 spiro atoms. The van der Waals surface area contributed by atoms with Gasteiger partial charge in [-0.15, -0.1) is 0 Å². The number of nitriles is 2. The van der Waals surface area contributed by atoms with Crippen LogP contribution in [0.3, 0.4) is 0 Å². The van der Waals surface area contributed by atoms with E-state index in [1.165, 1.54) is 27.7 Å². The van der Waals surface area contributed by atoms with Gasteiger partial charge in [0.05, 0.1) is 12.1 Å². The fraction of sp³-hybridized carbons (Fsp3) is 0.778. The number of rotatable bonds is 4. The minimum atomic E-state index is -1.12. The zero-order valence-electron chi connectivity index (χ0n) is 9.39. The predicted octanol–water partition coefficient (Wildman–Crippen LogP) is 0.931. The summed E-state index contributed by atoms with van der Waals surface area (Å²) in [5, 5.41) is 37.8. The average molecular weight is 212 g/mol. The van der Waals surface area contributed by atoms with Crippen molar-refractivity contribution < 1.29 is 10.4 Å². The van der Waals surface area contributed by atoms with E-state index in [-0.39, 0.29) is 6.67 Å². The largest absolute Gasteiger partial charge is 0.311 e. The number of nitrogens with zero attached hydrogens (tertiary/aromatic N) is 4. The fourth-order valence-electron chi connectivity index (χ4n) is 0.596. The first-order chi connectivity index (χ1) is 6.67. The molecule has 84 valence electrons. The van der Waals surface area contributed by atoms with Crippen LogP contribution >= 0.6 is 0 Å². The Kier molecular flexibility index (Phi) is 4.20. The van der Waals surface area contributed by atoms with Crippen molar-refractivity contribution in [2.24, 2.45) is 0 Å². The van der Waals surface area contributed by atoms with E-state index in [0.29, 0.717) is 10.1 Å². The first-order valence-electron chi connectivity index (χ1n) is 4.43. The van der Waals surface area contributed by atoms with Crippen LogP contribution in [0.5, 0.6) is 0 Å². The van der Waals surface area contributed by atoms with E-state index in [4.69, 9.17) is 10.5 Å². The van der Waals surface area contributed by atoms with E-state index < -0.39 is 11.1 Å². The normalized spacial score (nSPS) is 12.7. The quantitative estimate of drug-likeness (QED) is 0.531. The van der Waals surface area contributed by atoms with Crippen LogP contribution < -0.4 is 0 Å². The third-order valence-electron chi connectivity index (χ3n) is 2.11. The van der Waals surface area contributed by atoms with E-state index in [2.05, 4.69) is 0 Å². The van der Waals surface area contributed by atoms with Gasteiger partial charge >= 0.3 is 0 Å². The van der Waals surface area contributed by atoms with Gasteiger partial charge in [0, 0.05) is 0 Å². The maximum Gasteiger partial charge on any atom is 0.128 e. The highest BCUT2D eigenvalue weighted by Crippen LogP contribution is 2.15. The average Bonchev–Trinajstić information content (AvgIpc) is 2.17. The Hall–Kier alpha value is -1.18. The molecule has 0 fully saturated rings. The third-order valence-corrected chi connectivity index (χ3v) is 2.11. The zero-order valence-corrected chi connectivity index (χ0v) is 9.39. The van der Waals surface area contributed by atoms with Crippen molar-refractivity contribution in [2.75, 3.05) is 6.67 Å². The van der Waals surface area contributed by atoms with Gasteiger partial charge in [0.2, 0.25) is 0 Å². The van der Waals surface area contributed by atoms with Crippen molar-refractivity contribution in [3.8, 4) is 12.1 Å². The first-order valence-corrected chi connectivity index (χ1v) is 4.43. The molecule has 0 saturated carbocycles. The minimum Gasteiger partial charge on any atom is -0.311 e. The molecule has 0 unspecified atom stereocenters. The van der Waals surface area contributed by atoms with Crippen molar-refractivity contribution >= 4 is 0 Å². The van der Waals surface area contributed by atoms with Gasteiger partial charge in [0.25, 0.3) is 0 Å². The molecule has 6 heteroatoms. The van der Waals surface area contributed by atoms with Crippen LogP contribution in [0.25, 0.3) is 0 Å². The lowest BCUT2D eigenvalue weighted by atomic mass is 10.1. The first kappa shape index (κ1) is 13.8. The third kappa shape index (κ3) is 3.46. The van der Waals surface area contributed by atoms with E-state index in [1.54, 1.807) is 0 Å². The summed E-state index contributed by atoms with van der Waals surface area (Å²) in [7, 11) is 0. The number of hydrogen-bond acceptors (Lipinski definition) is 6. The van der Waals surface area contributed by atoms with Gasteiger partial charge in [-0.2, -0.15) is 20.7 Å². The van der Waals surface area contributed by atoms with Crippen LogP contribution in [0.1, 0.15) is 27.7 Å². The molecule has 6 nitrogen and oxygen atoms in total. The molecule has 0 aromatic heterocycles. The molecule has 0 aliphatic heterocycles. The Morgan fingerprint density at radius 3 is 1.40 bits per heavy atom. The van der Waals surface area contributed by atoms with E-state index in [0.717, 1.165) is 0 Å². The molecule has 0 amide bonds. The molecule has 0 atom stereocenters. The van der Waals surface area contributed by atoms with Crippen molar-refractivity contribution in [2.45, 2.75) is 38.8 Å². The Morgan fingerprint density at radius 1 is 0.933 bits per heavy atom. The van der Waals surface area contributed by atoms with Gasteiger partial charge in [-0.25, -0.2) is 0 Å². The summed E-state index contributed by atoms with van der Waals surface area (Å²) in [5.74, 6) is 0. The molecule has 15 heavy (non-hydrogen) atoms. The summed E-state index contributed by atoms with van der Waals surface area (Å²) in [6, 6.07) is 3.74. The molecular weight excluding hydrogens is 196 g/mol. The molecule has 0 aliphatic carbocycles. The maximum absolute atomic E-state index is 9.51. The second-order valence-electron chi connectivity index (χ2n) is 4.28. The molecule has 0 heterocycles. The SMILES string of the molecule is CC(C)(C#N)N(O)CN(O)C(C)(C)C#N. The zero-order chi connectivity index (χ0) is 12.3.